The maximum absolute atomic E-state index is 13.6. The van der Waals surface area contributed by atoms with Crippen molar-refractivity contribution in [2.24, 2.45) is 7.05 Å². The maximum Gasteiger partial charge on any atom is 0.264 e. The van der Waals surface area contributed by atoms with Crippen molar-refractivity contribution < 1.29 is 14.3 Å². The Morgan fingerprint density at radius 2 is 2.03 bits per heavy atom. The van der Waals surface area contributed by atoms with E-state index in [1.165, 1.54) is 11.3 Å². The Morgan fingerprint density at radius 1 is 1.17 bits per heavy atom. The maximum atomic E-state index is 13.6. The van der Waals surface area contributed by atoms with Crippen LogP contribution in [0.15, 0.2) is 72.1 Å². The molecule has 2 aromatic carbocycles. The molecule has 1 saturated heterocycles. The van der Waals surface area contributed by atoms with Crippen LogP contribution in [0.4, 0.5) is 0 Å². The second-order valence-corrected chi connectivity index (χ2v) is 9.79. The number of amides is 1. The van der Waals surface area contributed by atoms with Gasteiger partial charge in [0.1, 0.15) is 11.4 Å². The number of aryl methyl sites for hydroxylation is 2. The van der Waals surface area contributed by atoms with Crippen LogP contribution in [0.1, 0.15) is 33.6 Å². The van der Waals surface area contributed by atoms with Crippen LogP contribution >= 0.6 is 11.3 Å². The normalized spacial score (nSPS) is 15.3. The van der Waals surface area contributed by atoms with Gasteiger partial charge in [-0.2, -0.15) is 5.10 Å². The number of nitrogens with zero attached hydrogens (tertiary/aromatic N) is 3. The van der Waals surface area contributed by atoms with Crippen molar-refractivity contribution >= 4 is 17.2 Å². The summed E-state index contributed by atoms with van der Waals surface area (Å²) in [6, 6.07) is 21.8. The summed E-state index contributed by atoms with van der Waals surface area (Å²) in [6.45, 7) is 3.69. The zero-order valence-electron chi connectivity index (χ0n) is 20.0. The molecule has 1 aliphatic rings. The Balaban J connectivity index is 1.55. The van der Waals surface area contributed by atoms with E-state index in [0.29, 0.717) is 23.8 Å². The van der Waals surface area contributed by atoms with E-state index in [2.05, 4.69) is 0 Å². The van der Waals surface area contributed by atoms with E-state index in [1.807, 2.05) is 91.0 Å². The third kappa shape index (κ3) is 5.31. The first-order valence-electron chi connectivity index (χ1n) is 11.9. The molecular weight excluding hydrogens is 458 g/mol. The molecule has 1 aliphatic heterocycles. The van der Waals surface area contributed by atoms with Gasteiger partial charge in [-0.1, -0.05) is 48.5 Å². The van der Waals surface area contributed by atoms with E-state index in [0.717, 1.165) is 47.6 Å². The molecule has 0 spiro atoms. The molecule has 2 aromatic heterocycles. The summed E-state index contributed by atoms with van der Waals surface area (Å²) in [5.41, 5.74) is 3.79. The van der Waals surface area contributed by atoms with Gasteiger partial charge in [-0.05, 0) is 48.9 Å². The summed E-state index contributed by atoms with van der Waals surface area (Å²) in [7, 11) is 1.88. The van der Waals surface area contributed by atoms with Gasteiger partial charge in [0.15, 0.2) is 0 Å². The van der Waals surface area contributed by atoms with E-state index in [-0.39, 0.29) is 12.0 Å². The number of aromatic nitrogens is 2. The predicted octanol–water partition coefficient (Wildman–Crippen LogP) is 6.07. The Bertz CT molecular complexity index is 1280. The third-order valence-electron chi connectivity index (χ3n) is 6.16. The number of rotatable bonds is 8. The summed E-state index contributed by atoms with van der Waals surface area (Å²) < 4.78 is 14.1. The molecule has 0 saturated carbocycles. The molecule has 0 unspecified atom stereocenters. The number of thiophene rings is 1. The molecule has 0 N–H and O–H groups in total. The van der Waals surface area contributed by atoms with Crippen LogP contribution in [-0.4, -0.2) is 39.8 Å². The van der Waals surface area contributed by atoms with Gasteiger partial charge in [-0.25, -0.2) is 4.68 Å². The molecule has 1 amide bonds. The minimum atomic E-state index is -0.000120. The highest BCUT2D eigenvalue weighted by Gasteiger charge is 2.28. The van der Waals surface area contributed by atoms with Crippen LogP contribution in [0.5, 0.6) is 11.6 Å². The second-order valence-electron chi connectivity index (χ2n) is 8.84. The smallest absolute Gasteiger partial charge is 0.264 e. The highest BCUT2D eigenvalue weighted by atomic mass is 32.1. The number of carbonyl (C=O) groups excluding carboxylic acids is 1. The van der Waals surface area contributed by atoms with Crippen LogP contribution < -0.4 is 4.74 Å². The van der Waals surface area contributed by atoms with E-state index in [1.54, 1.807) is 4.68 Å². The van der Waals surface area contributed by atoms with Gasteiger partial charge < -0.3 is 14.4 Å². The summed E-state index contributed by atoms with van der Waals surface area (Å²) in [5.74, 6) is 1.37. The highest BCUT2D eigenvalue weighted by molar-refractivity contribution is 7.12. The fourth-order valence-electron chi connectivity index (χ4n) is 4.44. The SMILES string of the molecule is Cc1cccc(Oc2c(CN(C[C@@H]3CCCO3)C(=O)c3cccs3)c(-c3ccccc3)nn2C)c1. The molecule has 6 nitrogen and oxygen atoms in total. The van der Waals surface area contributed by atoms with E-state index < -0.39 is 0 Å². The molecular formula is C28H29N3O3S. The number of ether oxygens (including phenoxy) is 2. The number of benzene rings is 2. The first kappa shape index (κ1) is 23.3. The molecule has 5 rings (SSSR count). The van der Waals surface area contributed by atoms with E-state index in [4.69, 9.17) is 14.6 Å². The molecule has 1 fully saturated rings. The predicted molar refractivity (Wildman–Crippen MR) is 138 cm³/mol. The molecule has 0 bridgehead atoms. The average molecular weight is 488 g/mol. The van der Waals surface area contributed by atoms with Gasteiger partial charge in [0.05, 0.1) is 23.1 Å². The topological polar surface area (TPSA) is 56.6 Å². The first-order valence-corrected chi connectivity index (χ1v) is 12.8. The van der Waals surface area contributed by atoms with E-state index >= 15 is 0 Å². The van der Waals surface area contributed by atoms with Crippen molar-refractivity contribution in [3.63, 3.8) is 0 Å². The standard InChI is InChI=1S/C28H29N3O3S/c1-20-9-6-12-22(17-20)34-28-24(26(29-30(28)2)21-10-4-3-5-11-21)19-31(18-23-13-7-15-33-23)27(32)25-14-8-16-35-25/h3-6,8-12,14,16-17,23H,7,13,15,18-19H2,1-2H3/t23-/m0/s1. The minimum absolute atomic E-state index is 0.000120. The second kappa shape index (κ2) is 10.5. The van der Waals surface area contributed by atoms with Gasteiger partial charge >= 0.3 is 0 Å². The highest BCUT2D eigenvalue weighted by Crippen LogP contribution is 2.35. The quantitative estimate of drug-likeness (QED) is 0.303. The summed E-state index contributed by atoms with van der Waals surface area (Å²) >= 11 is 1.46. The van der Waals surface area contributed by atoms with Crippen molar-refractivity contribution in [3.05, 3.63) is 88.1 Å². The van der Waals surface area contributed by atoms with Crippen LogP contribution in [0.2, 0.25) is 0 Å². The lowest BCUT2D eigenvalue weighted by Crippen LogP contribution is -2.36. The Hall–Kier alpha value is -3.42. The Labute approximate surface area is 209 Å². The fraction of sp³-hybridized carbons (Fsp3) is 0.286. The molecule has 35 heavy (non-hydrogen) atoms. The van der Waals surface area contributed by atoms with E-state index in [9.17, 15) is 4.79 Å². The van der Waals surface area contributed by atoms with Gasteiger partial charge in [0, 0.05) is 25.8 Å². The lowest BCUT2D eigenvalue weighted by Gasteiger charge is -2.25. The zero-order valence-corrected chi connectivity index (χ0v) is 20.8. The molecule has 4 aromatic rings. The molecule has 0 aliphatic carbocycles. The first-order chi connectivity index (χ1) is 17.1. The van der Waals surface area contributed by atoms with Gasteiger partial charge in [0.25, 0.3) is 5.91 Å². The van der Waals surface area contributed by atoms with Crippen molar-refractivity contribution in [1.82, 2.24) is 14.7 Å². The Kier molecular flexibility index (Phi) is 6.97. The van der Waals surface area contributed by atoms with Crippen LogP contribution in [0.3, 0.4) is 0 Å². The summed E-state index contributed by atoms with van der Waals surface area (Å²) in [6.07, 6.45) is 2.02. The minimum Gasteiger partial charge on any atom is -0.439 e. The molecule has 0 radical (unpaired) electrons. The van der Waals surface area contributed by atoms with Gasteiger partial charge in [-0.15, -0.1) is 11.3 Å². The van der Waals surface area contributed by atoms with Gasteiger partial charge in [-0.3, -0.25) is 4.79 Å². The fourth-order valence-corrected chi connectivity index (χ4v) is 5.13. The lowest BCUT2D eigenvalue weighted by atomic mass is 10.1. The third-order valence-corrected chi connectivity index (χ3v) is 7.01. The van der Waals surface area contributed by atoms with Crippen molar-refractivity contribution in [1.29, 1.82) is 0 Å². The number of hydrogen-bond acceptors (Lipinski definition) is 5. The van der Waals surface area contributed by atoms with Crippen molar-refractivity contribution in [2.45, 2.75) is 32.4 Å². The Morgan fingerprint density at radius 3 is 2.74 bits per heavy atom. The average Bonchev–Trinajstić information content (AvgIpc) is 3.63. The van der Waals surface area contributed by atoms with Crippen molar-refractivity contribution in [2.75, 3.05) is 13.2 Å². The van der Waals surface area contributed by atoms with Gasteiger partial charge in [0.2, 0.25) is 5.88 Å². The number of hydrogen-bond donors (Lipinski definition) is 0. The molecule has 180 valence electrons. The van der Waals surface area contributed by atoms with Crippen LogP contribution in [0, 0.1) is 6.92 Å². The zero-order chi connectivity index (χ0) is 24.2. The summed E-state index contributed by atoms with van der Waals surface area (Å²) in [4.78, 5) is 16.2. The summed E-state index contributed by atoms with van der Waals surface area (Å²) in [5, 5.41) is 6.77. The monoisotopic (exact) mass is 487 g/mol. The largest absolute Gasteiger partial charge is 0.439 e. The molecule has 7 heteroatoms. The lowest BCUT2D eigenvalue weighted by molar-refractivity contribution is 0.0510. The van der Waals surface area contributed by atoms with Crippen LogP contribution in [-0.2, 0) is 18.3 Å². The molecule has 3 heterocycles. The molecule has 1 atom stereocenters. The number of carbonyl (C=O) groups is 1. The van der Waals surface area contributed by atoms with Crippen molar-refractivity contribution in [3.8, 4) is 22.9 Å². The van der Waals surface area contributed by atoms with Crippen LogP contribution in [0.25, 0.3) is 11.3 Å².